The Morgan fingerprint density at radius 1 is 0.903 bits per heavy atom. The zero-order chi connectivity index (χ0) is 21.7. The van der Waals surface area contributed by atoms with E-state index in [1.165, 1.54) is 11.1 Å². The average molecular weight is 432 g/mol. The monoisotopic (exact) mass is 431 g/mol. The lowest BCUT2D eigenvalue weighted by molar-refractivity contribution is -0.127. The summed E-state index contributed by atoms with van der Waals surface area (Å²) < 4.78 is 0. The first-order valence-electron chi connectivity index (χ1n) is 11.2. The van der Waals surface area contributed by atoms with E-state index in [0.717, 1.165) is 42.7 Å². The molecule has 1 amide bonds. The molecule has 3 aromatic rings. The molecule has 160 valence electrons. The van der Waals surface area contributed by atoms with Crippen molar-refractivity contribution in [2.75, 3.05) is 0 Å². The molecule has 0 aliphatic heterocycles. The molecule has 0 spiro atoms. The molecule has 0 bridgehead atoms. The minimum Gasteiger partial charge on any atom is -0.352 e. The Hall–Kier alpha value is -2.58. The maximum atomic E-state index is 13.7. The Bertz CT molecular complexity index is 979. The third-order valence-electron chi connectivity index (χ3n) is 6.78. The van der Waals surface area contributed by atoms with Crippen LogP contribution in [0.1, 0.15) is 55.2 Å². The largest absolute Gasteiger partial charge is 0.352 e. The molecule has 3 aromatic carbocycles. The van der Waals surface area contributed by atoms with Crippen molar-refractivity contribution in [2.24, 2.45) is 0 Å². The van der Waals surface area contributed by atoms with Crippen molar-refractivity contribution in [1.29, 1.82) is 0 Å². The van der Waals surface area contributed by atoms with Crippen LogP contribution in [0.3, 0.4) is 0 Å². The molecule has 1 fully saturated rings. The molecular weight excluding hydrogens is 402 g/mol. The summed E-state index contributed by atoms with van der Waals surface area (Å²) in [6.07, 6.45) is 4.89. The maximum absolute atomic E-state index is 13.7. The van der Waals surface area contributed by atoms with E-state index in [0.29, 0.717) is 0 Å². The smallest absolute Gasteiger partial charge is 0.230 e. The lowest BCUT2D eigenvalue weighted by Crippen LogP contribution is -2.48. The molecule has 2 nitrogen and oxygen atoms in total. The van der Waals surface area contributed by atoms with E-state index >= 15 is 0 Å². The van der Waals surface area contributed by atoms with Crippen LogP contribution in [-0.4, -0.2) is 11.9 Å². The second-order valence-corrected chi connectivity index (χ2v) is 9.20. The molecule has 2 unspecified atom stereocenters. The Morgan fingerprint density at radius 2 is 1.48 bits per heavy atom. The third-order valence-corrected chi connectivity index (χ3v) is 7.03. The van der Waals surface area contributed by atoms with Crippen LogP contribution >= 0.6 is 11.6 Å². The molecule has 4 rings (SSSR count). The Labute approximate surface area is 190 Å². The normalized spacial score (nSPS) is 17.1. The van der Waals surface area contributed by atoms with Crippen LogP contribution in [-0.2, 0) is 16.6 Å². The molecule has 31 heavy (non-hydrogen) atoms. The first-order chi connectivity index (χ1) is 15.1. The van der Waals surface area contributed by atoms with Gasteiger partial charge in [0.15, 0.2) is 0 Å². The standard InChI is InChI=1S/C28H30ClNO/c1-21(30-27(31)28(18-8-9-19-28)24-12-6-3-7-13-24)26(23-10-4-2-5-11-23)20-22-14-16-25(29)17-15-22/h2-7,10-17,21,26H,8-9,18-20H2,1H3,(H,30,31). The number of nitrogens with one attached hydrogen (secondary N) is 1. The van der Waals surface area contributed by atoms with Crippen molar-refractivity contribution < 1.29 is 4.79 Å². The lowest BCUT2D eigenvalue weighted by Gasteiger charge is -2.33. The predicted molar refractivity (Wildman–Crippen MR) is 129 cm³/mol. The molecule has 0 aromatic heterocycles. The number of rotatable bonds is 7. The summed E-state index contributed by atoms with van der Waals surface area (Å²) >= 11 is 6.09. The van der Waals surface area contributed by atoms with Gasteiger partial charge < -0.3 is 5.32 Å². The van der Waals surface area contributed by atoms with Gasteiger partial charge in [0, 0.05) is 17.0 Å². The van der Waals surface area contributed by atoms with E-state index in [9.17, 15) is 4.79 Å². The van der Waals surface area contributed by atoms with E-state index in [-0.39, 0.29) is 17.9 Å². The average Bonchev–Trinajstić information content (AvgIpc) is 3.31. The van der Waals surface area contributed by atoms with E-state index in [4.69, 9.17) is 11.6 Å². The van der Waals surface area contributed by atoms with Gasteiger partial charge in [-0.1, -0.05) is 97.2 Å². The van der Waals surface area contributed by atoms with Crippen LogP contribution < -0.4 is 5.32 Å². The Balaban J connectivity index is 1.58. The summed E-state index contributed by atoms with van der Waals surface area (Å²) in [5.41, 5.74) is 3.20. The highest BCUT2D eigenvalue weighted by Gasteiger charge is 2.43. The number of hydrogen-bond donors (Lipinski definition) is 1. The second kappa shape index (κ2) is 9.70. The topological polar surface area (TPSA) is 29.1 Å². The highest BCUT2D eigenvalue weighted by Crippen LogP contribution is 2.41. The van der Waals surface area contributed by atoms with Gasteiger partial charge in [0.05, 0.1) is 5.41 Å². The van der Waals surface area contributed by atoms with Gasteiger partial charge in [-0.2, -0.15) is 0 Å². The number of hydrogen-bond acceptors (Lipinski definition) is 1. The van der Waals surface area contributed by atoms with Crippen molar-refractivity contribution in [3.63, 3.8) is 0 Å². The number of amides is 1. The van der Waals surface area contributed by atoms with Gasteiger partial charge in [0.2, 0.25) is 5.91 Å². The molecule has 3 heteroatoms. The van der Waals surface area contributed by atoms with E-state index in [1.807, 2.05) is 36.4 Å². The number of halogens is 1. The number of carbonyl (C=O) groups excluding carboxylic acids is 1. The molecule has 0 saturated heterocycles. The number of benzene rings is 3. The summed E-state index contributed by atoms with van der Waals surface area (Å²) in [7, 11) is 0. The van der Waals surface area contributed by atoms with E-state index in [2.05, 4.69) is 60.8 Å². The Morgan fingerprint density at radius 3 is 2.10 bits per heavy atom. The fraction of sp³-hybridized carbons (Fsp3) is 0.321. The molecule has 1 aliphatic carbocycles. The SMILES string of the molecule is CC(NC(=O)C1(c2ccccc2)CCCC1)C(Cc1ccc(Cl)cc1)c1ccccc1. The van der Waals surface area contributed by atoms with Gasteiger partial charge >= 0.3 is 0 Å². The van der Waals surface area contributed by atoms with E-state index in [1.54, 1.807) is 0 Å². The molecule has 1 saturated carbocycles. The van der Waals surface area contributed by atoms with Crippen molar-refractivity contribution in [3.8, 4) is 0 Å². The zero-order valence-electron chi connectivity index (χ0n) is 18.1. The fourth-order valence-electron chi connectivity index (χ4n) is 4.99. The Kier molecular flexibility index (Phi) is 6.77. The van der Waals surface area contributed by atoms with Crippen LogP contribution in [0.2, 0.25) is 5.02 Å². The van der Waals surface area contributed by atoms with Gasteiger partial charge in [0.1, 0.15) is 0 Å². The molecule has 1 N–H and O–H groups in total. The first-order valence-corrected chi connectivity index (χ1v) is 11.6. The summed E-state index contributed by atoms with van der Waals surface area (Å²) in [4.78, 5) is 13.7. The molecule has 2 atom stereocenters. The second-order valence-electron chi connectivity index (χ2n) is 8.77. The number of carbonyl (C=O) groups is 1. The fourth-order valence-corrected chi connectivity index (χ4v) is 5.11. The minimum absolute atomic E-state index is 0.00626. The molecule has 0 radical (unpaired) electrons. The van der Waals surface area contributed by atoms with Crippen LogP contribution in [0.5, 0.6) is 0 Å². The zero-order valence-corrected chi connectivity index (χ0v) is 18.8. The third kappa shape index (κ3) is 4.85. The van der Waals surface area contributed by atoms with Gasteiger partial charge in [-0.25, -0.2) is 0 Å². The van der Waals surface area contributed by atoms with Crippen molar-refractivity contribution in [1.82, 2.24) is 5.32 Å². The highest BCUT2D eigenvalue weighted by molar-refractivity contribution is 6.30. The van der Waals surface area contributed by atoms with Crippen LogP contribution in [0, 0.1) is 0 Å². The molecule has 0 heterocycles. The minimum atomic E-state index is -0.406. The first kappa shape index (κ1) is 21.6. The summed E-state index contributed by atoms with van der Waals surface area (Å²) in [6.45, 7) is 2.14. The van der Waals surface area contributed by atoms with E-state index < -0.39 is 5.41 Å². The van der Waals surface area contributed by atoms with Crippen molar-refractivity contribution in [3.05, 3.63) is 107 Å². The highest BCUT2D eigenvalue weighted by atomic mass is 35.5. The van der Waals surface area contributed by atoms with Gasteiger partial charge in [-0.05, 0) is 55.0 Å². The van der Waals surface area contributed by atoms with Crippen molar-refractivity contribution >= 4 is 17.5 Å². The van der Waals surface area contributed by atoms with Gasteiger partial charge in [-0.15, -0.1) is 0 Å². The molecule has 1 aliphatic rings. The predicted octanol–water partition coefficient (Wildman–Crippen LogP) is 6.68. The molecular formula is C28H30ClNO. The van der Waals surface area contributed by atoms with Crippen molar-refractivity contribution in [2.45, 2.75) is 56.4 Å². The van der Waals surface area contributed by atoms with Gasteiger partial charge in [-0.3, -0.25) is 4.79 Å². The summed E-state index contributed by atoms with van der Waals surface area (Å²) in [5.74, 6) is 0.348. The van der Waals surface area contributed by atoms with Crippen LogP contribution in [0.4, 0.5) is 0 Å². The van der Waals surface area contributed by atoms with Gasteiger partial charge in [0.25, 0.3) is 0 Å². The quantitative estimate of drug-likeness (QED) is 0.444. The lowest BCUT2D eigenvalue weighted by atomic mass is 9.77. The van der Waals surface area contributed by atoms with Crippen LogP contribution in [0.15, 0.2) is 84.9 Å². The summed E-state index contributed by atoms with van der Waals surface area (Å²) in [6, 6.07) is 28.8. The maximum Gasteiger partial charge on any atom is 0.230 e. The van der Waals surface area contributed by atoms with Crippen LogP contribution in [0.25, 0.3) is 0 Å². The summed E-state index contributed by atoms with van der Waals surface area (Å²) in [5, 5.41) is 4.17.